The number of hydrogen-bond acceptors (Lipinski definition) is 2. The van der Waals surface area contributed by atoms with Crippen LogP contribution in [0.15, 0.2) is 36.6 Å². The van der Waals surface area contributed by atoms with E-state index in [4.69, 9.17) is 5.73 Å². The third-order valence-electron chi connectivity index (χ3n) is 1.44. The molecule has 0 saturated heterocycles. The van der Waals surface area contributed by atoms with Crippen LogP contribution in [0.2, 0.25) is 0 Å². The van der Waals surface area contributed by atoms with Gasteiger partial charge in [0.1, 0.15) is 5.78 Å². The number of carbonyl (C=O) groups excluding carboxylic acids is 1. The highest BCUT2D eigenvalue weighted by Crippen LogP contribution is 2.05. The molecule has 0 heterocycles. The van der Waals surface area contributed by atoms with Gasteiger partial charge in [-0.2, -0.15) is 0 Å². The summed E-state index contributed by atoms with van der Waals surface area (Å²) in [5.74, 6) is 0.209. The third-order valence-corrected chi connectivity index (χ3v) is 1.44. The molecule has 0 amide bonds. The first-order chi connectivity index (χ1) is 5.74. The van der Waals surface area contributed by atoms with Crippen molar-refractivity contribution in [1.29, 1.82) is 0 Å². The molecular weight excluding hydrogens is 150 g/mol. The number of allylic oxidation sites excluding steroid dienone is 4. The summed E-state index contributed by atoms with van der Waals surface area (Å²) in [6, 6.07) is 0. The largest absolute Gasteiger partial charge is 0.405 e. The zero-order valence-corrected chi connectivity index (χ0v) is 7.42. The lowest BCUT2D eigenvalue weighted by Crippen LogP contribution is -1.96. The third kappa shape index (κ3) is 4.50. The van der Waals surface area contributed by atoms with Gasteiger partial charge in [0.25, 0.3) is 0 Å². The molecule has 0 unspecified atom stereocenters. The molecule has 0 aromatic carbocycles. The molecular formula is C10H15NO. The molecule has 2 heteroatoms. The summed E-state index contributed by atoms with van der Waals surface area (Å²) < 4.78 is 0. The molecule has 0 saturated carbocycles. The summed E-state index contributed by atoms with van der Waals surface area (Å²) in [6.07, 6.45) is 7.59. The van der Waals surface area contributed by atoms with Crippen molar-refractivity contribution >= 4 is 5.78 Å². The minimum atomic E-state index is 0.209. The molecule has 0 bridgehead atoms. The molecule has 0 aromatic rings. The monoisotopic (exact) mass is 165 g/mol. The highest BCUT2D eigenvalue weighted by Gasteiger charge is 1.99. The molecule has 0 aliphatic heterocycles. The van der Waals surface area contributed by atoms with Crippen LogP contribution < -0.4 is 5.73 Å². The van der Waals surface area contributed by atoms with Crippen LogP contribution in [0.4, 0.5) is 0 Å². The van der Waals surface area contributed by atoms with Crippen LogP contribution in [0, 0.1) is 0 Å². The fraction of sp³-hybridized carbons (Fsp3) is 0.300. The van der Waals surface area contributed by atoms with Crippen LogP contribution >= 0.6 is 0 Å². The topological polar surface area (TPSA) is 43.1 Å². The van der Waals surface area contributed by atoms with E-state index in [-0.39, 0.29) is 5.78 Å². The number of rotatable bonds is 5. The predicted molar refractivity (Wildman–Crippen MR) is 51.5 cm³/mol. The van der Waals surface area contributed by atoms with E-state index in [0.717, 1.165) is 5.57 Å². The molecule has 66 valence electrons. The van der Waals surface area contributed by atoms with E-state index in [1.54, 1.807) is 18.2 Å². The highest BCUT2D eigenvalue weighted by molar-refractivity contribution is 5.81. The second kappa shape index (κ2) is 6.40. The molecule has 2 N–H and O–H groups in total. The van der Waals surface area contributed by atoms with Crippen molar-refractivity contribution in [3.63, 3.8) is 0 Å². The van der Waals surface area contributed by atoms with Crippen molar-refractivity contribution in [2.45, 2.75) is 19.8 Å². The maximum absolute atomic E-state index is 11.0. The molecule has 0 aliphatic carbocycles. The summed E-state index contributed by atoms with van der Waals surface area (Å²) in [5, 5.41) is 0. The van der Waals surface area contributed by atoms with E-state index in [9.17, 15) is 4.79 Å². The molecule has 0 aromatic heterocycles. The van der Waals surface area contributed by atoms with Gasteiger partial charge in [-0.15, -0.1) is 0 Å². The quantitative estimate of drug-likeness (QED) is 0.632. The summed E-state index contributed by atoms with van der Waals surface area (Å²) >= 11 is 0. The van der Waals surface area contributed by atoms with Crippen molar-refractivity contribution in [2.75, 3.05) is 0 Å². The van der Waals surface area contributed by atoms with Crippen molar-refractivity contribution in [2.24, 2.45) is 5.73 Å². The Morgan fingerprint density at radius 2 is 2.25 bits per heavy atom. The molecule has 0 rings (SSSR count). The van der Waals surface area contributed by atoms with E-state index in [1.807, 2.05) is 6.92 Å². The maximum atomic E-state index is 11.0. The Balaban J connectivity index is 4.23. The number of Topliss-reactive ketones (excluding diaryl/α,β-unsaturated/α-hetero) is 1. The van der Waals surface area contributed by atoms with E-state index in [1.165, 1.54) is 6.20 Å². The Kier molecular flexibility index (Phi) is 5.70. The summed E-state index contributed by atoms with van der Waals surface area (Å²) in [4.78, 5) is 11.0. The average molecular weight is 165 g/mol. The molecule has 0 aliphatic rings. The standard InChI is InChI=1S/C10H15NO/c1-3-5-9(6-7-11)8-10(12)4-2/h3,5-7H,1,4,8,11H2,2H3/b7-6-,9-5+. The van der Waals surface area contributed by atoms with E-state index in [2.05, 4.69) is 6.58 Å². The molecule has 0 spiro atoms. The fourth-order valence-electron chi connectivity index (χ4n) is 0.801. The Morgan fingerprint density at radius 1 is 1.58 bits per heavy atom. The second-order valence-electron chi connectivity index (χ2n) is 2.41. The van der Waals surface area contributed by atoms with Crippen LogP contribution in [0.1, 0.15) is 19.8 Å². The lowest BCUT2D eigenvalue weighted by molar-refractivity contribution is -0.118. The van der Waals surface area contributed by atoms with Crippen molar-refractivity contribution in [1.82, 2.24) is 0 Å². The first kappa shape index (κ1) is 10.7. The Labute approximate surface area is 73.5 Å². The van der Waals surface area contributed by atoms with Crippen molar-refractivity contribution in [3.8, 4) is 0 Å². The molecule has 12 heavy (non-hydrogen) atoms. The zero-order valence-electron chi connectivity index (χ0n) is 7.42. The lowest BCUT2D eigenvalue weighted by Gasteiger charge is -1.97. The molecule has 0 fully saturated rings. The minimum absolute atomic E-state index is 0.209. The van der Waals surface area contributed by atoms with Gasteiger partial charge in [-0.1, -0.05) is 25.7 Å². The number of nitrogens with two attached hydrogens (primary N) is 1. The van der Waals surface area contributed by atoms with Gasteiger partial charge in [0, 0.05) is 12.8 Å². The van der Waals surface area contributed by atoms with E-state index in [0.29, 0.717) is 12.8 Å². The number of ketones is 1. The first-order valence-corrected chi connectivity index (χ1v) is 3.96. The Hall–Kier alpha value is -1.31. The second-order valence-corrected chi connectivity index (χ2v) is 2.41. The lowest BCUT2D eigenvalue weighted by atomic mass is 10.1. The van der Waals surface area contributed by atoms with Gasteiger partial charge in [-0.25, -0.2) is 0 Å². The fourth-order valence-corrected chi connectivity index (χ4v) is 0.801. The first-order valence-electron chi connectivity index (χ1n) is 3.96. The van der Waals surface area contributed by atoms with Crippen molar-refractivity contribution in [3.05, 3.63) is 36.6 Å². The van der Waals surface area contributed by atoms with E-state index >= 15 is 0 Å². The highest BCUT2D eigenvalue weighted by atomic mass is 16.1. The van der Waals surface area contributed by atoms with Gasteiger partial charge >= 0.3 is 0 Å². The normalized spacial score (nSPS) is 11.9. The van der Waals surface area contributed by atoms with Crippen LogP contribution in [0.25, 0.3) is 0 Å². The van der Waals surface area contributed by atoms with Crippen LogP contribution in [0.5, 0.6) is 0 Å². The molecule has 0 radical (unpaired) electrons. The average Bonchev–Trinajstić information content (AvgIpc) is 2.05. The number of carbonyl (C=O) groups is 1. The SMILES string of the molecule is C=C/C=C(\C=C/N)CC(=O)CC. The van der Waals surface area contributed by atoms with Gasteiger partial charge in [0.05, 0.1) is 0 Å². The Bertz CT molecular complexity index is 214. The van der Waals surface area contributed by atoms with Gasteiger partial charge in [-0.05, 0) is 17.8 Å². The molecule has 2 nitrogen and oxygen atoms in total. The maximum Gasteiger partial charge on any atom is 0.136 e. The number of hydrogen-bond donors (Lipinski definition) is 1. The van der Waals surface area contributed by atoms with Crippen LogP contribution in [-0.2, 0) is 4.79 Å². The summed E-state index contributed by atoms with van der Waals surface area (Å²) in [5.41, 5.74) is 6.11. The van der Waals surface area contributed by atoms with Gasteiger partial charge < -0.3 is 5.73 Å². The van der Waals surface area contributed by atoms with Crippen LogP contribution in [-0.4, -0.2) is 5.78 Å². The predicted octanol–water partition coefficient (Wildman–Crippen LogP) is 1.94. The minimum Gasteiger partial charge on any atom is -0.405 e. The Morgan fingerprint density at radius 3 is 2.67 bits per heavy atom. The van der Waals surface area contributed by atoms with Crippen LogP contribution in [0.3, 0.4) is 0 Å². The summed E-state index contributed by atoms with van der Waals surface area (Å²) in [6.45, 7) is 5.40. The molecule has 0 atom stereocenters. The van der Waals surface area contributed by atoms with Gasteiger partial charge in [-0.3, -0.25) is 4.79 Å². The van der Waals surface area contributed by atoms with Crippen molar-refractivity contribution < 1.29 is 4.79 Å². The summed E-state index contributed by atoms with van der Waals surface area (Å²) in [7, 11) is 0. The van der Waals surface area contributed by atoms with E-state index < -0.39 is 0 Å². The van der Waals surface area contributed by atoms with Gasteiger partial charge in [0.2, 0.25) is 0 Å². The smallest absolute Gasteiger partial charge is 0.136 e. The zero-order chi connectivity index (χ0) is 9.40. The van der Waals surface area contributed by atoms with Gasteiger partial charge in [0.15, 0.2) is 0 Å².